The number of carbonyl (C=O) groups excluding carboxylic acids is 1. The summed E-state index contributed by atoms with van der Waals surface area (Å²) in [5.41, 5.74) is 1.34. The van der Waals surface area contributed by atoms with Crippen LogP contribution in [-0.2, 0) is 6.54 Å². The third-order valence-electron chi connectivity index (χ3n) is 2.36. The van der Waals surface area contributed by atoms with Crippen molar-refractivity contribution in [3.05, 3.63) is 63.9 Å². The maximum Gasteiger partial charge on any atom is 0.253 e. The molecule has 0 aliphatic rings. The summed E-state index contributed by atoms with van der Waals surface area (Å²) in [5.74, 6) is -0.270. The lowest BCUT2D eigenvalue weighted by Crippen LogP contribution is -2.23. The number of hydrogen-bond donors (Lipinski definition) is 1. The number of benzene rings is 1. The Morgan fingerprint density at radius 3 is 2.67 bits per heavy atom. The Balaban J connectivity index is 2.06. The minimum atomic E-state index is -0.270. The van der Waals surface area contributed by atoms with E-state index in [4.69, 9.17) is 23.2 Å². The number of pyridine rings is 1. The fraction of sp³-hybridized carbons (Fsp3) is 0.0769. The molecular formula is C13H10Cl2N2O. The quantitative estimate of drug-likeness (QED) is 0.877. The molecule has 2 rings (SSSR count). The molecule has 0 fully saturated rings. The topological polar surface area (TPSA) is 42.0 Å². The number of aromatic nitrogens is 1. The molecule has 0 atom stereocenters. The predicted molar refractivity (Wildman–Crippen MR) is 71.9 cm³/mol. The lowest BCUT2D eigenvalue weighted by atomic mass is 10.2. The number of amides is 1. The number of rotatable bonds is 3. The average molecular weight is 281 g/mol. The van der Waals surface area contributed by atoms with Gasteiger partial charge in [-0.3, -0.25) is 4.79 Å². The van der Waals surface area contributed by atoms with E-state index in [1.807, 2.05) is 30.3 Å². The third kappa shape index (κ3) is 3.22. The molecule has 0 aliphatic heterocycles. The van der Waals surface area contributed by atoms with Gasteiger partial charge in [-0.15, -0.1) is 0 Å². The molecule has 92 valence electrons. The Hall–Kier alpha value is -1.58. The highest BCUT2D eigenvalue weighted by molar-refractivity contribution is 6.35. The number of halogens is 2. The molecule has 0 aliphatic carbocycles. The van der Waals surface area contributed by atoms with Crippen molar-refractivity contribution in [3.8, 4) is 0 Å². The van der Waals surface area contributed by atoms with Gasteiger partial charge in [-0.05, 0) is 11.6 Å². The third-order valence-corrected chi connectivity index (χ3v) is 2.87. The van der Waals surface area contributed by atoms with Crippen LogP contribution in [0.1, 0.15) is 15.9 Å². The second kappa shape index (κ2) is 5.85. The van der Waals surface area contributed by atoms with E-state index in [1.165, 1.54) is 12.3 Å². The van der Waals surface area contributed by atoms with Gasteiger partial charge in [0.1, 0.15) is 5.15 Å². The summed E-state index contributed by atoms with van der Waals surface area (Å²) in [6.45, 7) is 0.440. The van der Waals surface area contributed by atoms with Crippen LogP contribution in [-0.4, -0.2) is 10.9 Å². The van der Waals surface area contributed by atoms with E-state index in [-0.39, 0.29) is 16.1 Å². The van der Waals surface area contributed by atoms with Gasteiger partial charge in [-0.1, -0.05) is 53.5 Å². The lowest BCUT2D eigenvalue weighted by Gasteiger charge is -2.06. The maximum atomic E-state index is 11.9. The van der Waals surface area contributed by atoms with E-state index in [9.17, 15) is 4.79 Å². The Morgan fingerprint density at radius 2 is 1.94 bits per heavy atom. The average Bonchev–Trinajstić information content (AvgIpc) is 2.40. The number of nitrogens with one attached hydrogen (secondary N) is 1. The largest absolute Gasteiger partial charge is 0.348 e. The predicted octanol–water partition coefficient (Wildman–Crippen LogP) is 3.32. The molecule has 1 N–H and O–H groups in total. The second-order valence-corrected chi connectivity index (χ2v) is 4.45. The van der Waals surface area contributed by atoms with Gasteiger partial charge < -0.3 is 5.32 Å². The minimum absolute atomic E-state index is 0.240. The molecule has 1 aromatic carbocycles. The Morgan fingerprint density at radius 1 is 1.22 bits per heavy atom. The summed E-state index contributed by atoms with van der Waals surface area (Å²) in [6, 6.07) is 11.1. The monoisotopic (exact) mass is 280 g/mol. The summed E-state index contributed by atoms with van der Waals surface area (Å²) in [7, 11) is 0. The smallest absolute Gasteiger partial charge is 0.253 e. The summed E-state index contributed by atoms with van der Waals surface area (Å²) < 4.78 is 0. The van der Waals surface area contributed by atoms with Crippen LogP contribution < -0.4 is 5.32 Å². The van der Waals surface area contributed by atoms with E-state index in [2.05, 4.69) is 10.3 Å². The summed E-state index contributed by atoms with van der Waals surface area (Å²) in [6.07, 6.45) is 1.36. The van der Waals surface area contributed by atoms with Crippen molar-refractivity contribution in [2.24, 2.45) is 0 Å². The molecule has 0 unspecified atom stereocenters. The van der Waals surface area contributed by atoms with Crippen molar-refractivity contribution < 1.29 is 4.79 Å². The van der Waals surface area contributed by atoms with E-state index in [1.54, 1.807) is 0 Å². The zero-order valence-electron chi connectivity index (χ0n) is 9.36. The summed E-state index contributed by atoms with van der Waals surface area (Å²) in [5, 5.41) is 3.30. The van der Waals surface area contributed by atoms with E-state index < -0.39 is 0 Å². The Bertz CT molecular complexity index is 558. The minimum Gasteiger partial charge on any atom is -0.348 e. The first-order valence-electron chi connectivity index (χ1n) is 5.30. The Kier molecular flexibility index (Phi) is 4.18. The summed E-state index contributed by atoms with van der Waals surface area (Å²) >= 11 is 11.6. The molecule has 18 heavy (non-hydrogen) atoms. The fourth-order valence-electron chi connectivity index (χ4n) is 1.46. The van der Waals surface area contributed by atoms with Crippen LogP contribution in [0.3, 0.4) is 0 Å². The van der Waals surface area contributed by atoms with Crippen molar-refractivity contribution in [1.82, 2.24) is 10.3 Å². The van der Waals surface area contributed by atoms with Crippen LogP contribution in [0, 0.1) is 0 Å². The zero-order chi connectivity index (χ0) is 13.0. The van der Waals surface area contributed by atoms with Gasteiger partial charge in [0.05, 0.1) is 10.6 Å². The van der Waals surface area contributed by atoms with Crippen LogP contribution in [0.4, 0.5) is 0 Å². The summed E-state index contributed by atoms with van der Waals surface area (Å²) in [4.78, 5) is 15.7. The van der Waals surface area contributed by atoms with Crippen LogP contribution >= 0.6 is 23.2 Å². The zero-order valence-corrected chi connectivity index (χ0v) is 10.9. The molecule has 2 aromatic rings. The van der Waals surface area contributed by atoms with Crippen molar-refractivity contribution in [2.45, 2.75) is 6.54 Å². The molecule has 3 nitrogen and oxygen atoms in total. The first kappa shape index (κ1) is 12.9. The molecule has 0 saturated heterocycles. The highest BCUT2D eigenvalue weighted by Crippen LogP contribution is 2.17. The molecule has 1 heterocycles. The highest BCUT2D eigenvalue weighted by atomic mass is 35.5. The first-order chi connectivity index (χ1) is 8.66. The van der Waals surface area contributed by atoms with Gasteiger partial charge in [-0.25, -0.2) is 4.98 Å². The van der Waals surface area contributed by atoms with Crippen molar-refractivity contribution in [1.29, 1.82) is 0 Å². The molecule has 0 saturated carbocycles. The van der Waals surface area contributed by atoms with E-state index >= 15 is 0 Å². The maximum absolute atomic E-state index is 11.9. The molecule has 1 aromatic heterocycles. The first-order valence-corrected chi connectivity index (χ1v) is 6.05. The van der Waals surface area contributed by atoms with Crippen LogP contribution in [0.25, 0.3) is 0 Å². The number of carbonyl (C=O) groups is 1. The standard InChI is InChI=1S/C13H10Cl2N2O/c14-11-8-16-12(15)6-10(11)13(18)17-7-9-4-2-1-3-5-9/h1-6,8H,7H2,(H,17,18). The molecule has 0 bridgehead atoms. The number of hydrogen-bond acceptors (Lipinski definition) is 2. The van der Waals surface area contributed by atoms with Crippen LogP contribution in [0.2, 0.25) is 10.2 Å². The van der Waals surface area contributed by atoms with E-state index in [0.717, 1.165) is 5.56 Å². The molecule has 5 heteroatoms. The van der Waals surface area contributed by atoms with Gasteiger partial charge in [0, 0.05) is 12.7 Å². The van der Waals surface area contributed by atoms with Crippen molar-refractivity contribution in [3.63, 3.8) is 0 Å². The van der Waals surface area contributed by atoms with Gasteiger partial charge in [0.2, 0.25) is 0 Å². The van der Waals surface area contributed by atoms with Crippen molar-refractivity contribution in [2.75, 3.05) is 0 Å². The SMILES string of the molecule is O=C(NCc1ccccc1)c1cc(Cl)ncc1Cl. The second-order valence-electron chi connectivity index (χ2n) is 3.66. The Labute approximate surface area is 115 Å². The van der Waals surface area contributed by atoms with Gasteiger partial charge in [-0.2, -0.15) is 0 Å². The highest BCUT2D eigenvalue weighted by Gasteiger charge is 2.11. The molecule has 0 radical (unpaired) electrons. The molecule has 1 amide bonds. The lowest BCUT2D eigenvalue weighted by molar-refractivity contribution is 0.0951. The molecule has 0 spiro atoms. The fourth-order valence-corrected chi connectivity index (χ4v) is 1.81. The van der Waals surface area contributed by atoms with Gasteiger partial charge in [0.15, 0.2) is 0 Å². The normalized spacial score (nSPS) is 10.1. The van der Waals surface area contributed by atoms with Gasteiger partial charge >= 0.3 is 0 Å². The van der Waals surface area contributed by atoms with Crippen LogP contribution in [0.15, 0.2) is 42.6 Å². The van der Waals surface area contributed by atoms with Gasteiger partial charge in [0.25, 0.3) is 5.91 Å². The van der Waals surface area contributed by atoms with Crippen LogP contribution in [0.5, 0.6) is 0 Å². The van der Waals surface area contributed by atoms with Crippen molar-refractivity contribution >= 4 is 29.1 Å². The van der Waals surface area contributed by atoms with E-state index in [0.29, 0.717) is 12.1 Å². The molecular weight excluding hydrogens is 271 g/mol. The number of nitrogens with zero attached hydrogens (tertiary/aromatic N) is 1.